The van der Waals surface area contributed by atoms with Crippen molar-refractivity contribution < 1.29 is 0 Å². The zero-order chi connectivity index (χ0) is 12.8. The van der Waals surface area contributed by atoms with Gasteiger partial charge in [-0.05, 0) is 26.5 Å². The van der Waals surface area contributed by atoms with Crippen LogP contribution >= 0.6 is 11.8 Å². The number of hydrogen-bond donors (Lipinski definition) is 1. The Morgan fingerprint density at radius 3 is 2.76 bits per heavy atom. The summed E-state index contributed by atoms with van der Waals surface area (Å²) in [6, 6.07) is 0.412. The average molecular weight is 255 g/mol. The van der Waals surface area contributed by atoms with Gasteiger partial charge in [0.2, 0.25) is 0 Å². The summed E-state index contributed by atoms with van der Waals surface area (Å²) in [4.78, 5) is 16.2. The first-order valence-electron chi connectivity index (χ1n) is 5.97. The van der Waals surface area contributed by atoms with Crippen molar-refractivity contribution in [2.24, 2.45) is 0 Å². The van der Waals surface area contributed by atoms with Crippen LogP contribution in [0.15, 0.2) is 17.2 Å². The number of aromatic nitrogens is 2. The minimum absolute atomic E-state index is 0.0455. The second kappa shape index (κ2) is 6.69. The SMILES string of the molecule is CCSCC(C)Nc1nccn(C(C)C)c1=O. The molecule has 1 heterocycles. The molecule has 0 amide bonds. The Morgan fingerprint density at radius 2 is 2.18 bits per heavy atom. The van der Waals surface area contributed by atoms with Gasteiger partial charge in [-0.1, -0.05) is 6.92 Å². The van der Waals surface area contributed by atoms with Gasteiger partial charge in [0.25, 0.3) is 5.56 Å². The van der Waals surface area contributed by atoms with Crippen LogP contribution in [0.1, 0.15) is 33.7 Å². The van der Waals surface area contributed by atoms with Gasteiger partial charge in [0.1, 0.15) is 0 Å². The lowest BCUT2D eigenvalue weighted by Gasteiger charge is -2.15. The molecule has 1 atom stereocenters. The van der Waals surface area contributed by atoms with Crippen molar-refractivity contribution in [3.63, 3.8) is 0 Å². The van der Waals surface area contributed by atoms with Gasteiger partial charge in [-0.25, -0.2) is 4.98 Å². The number of anilines is 1. The van der Waals surface area contributed by atoms with Crippen LogP contribution in [0.4, 0.5) is 5.82 Å². The molecule has 0 fully saturated rings. The van der Waals surface area contributed by atoms with Gasteiger partial charge in [-0.15, -0.1) is 0 Å². The lowest BCUT2D eigenvalue weighted by Crippen LogP contribution is -2.29. The molecule has 5 heteroatoms. The van der Waals surface area contributed by atoms with Gasteiger partial charge in [-0.2, -0.15) is 11.8 Å². The predicted octanol–water partition coefficient (Wildman–Crippen LogP) is 2.38. The first kappa shape index (κ1) is 14.1. The van der Waals surface area contributed by atoms with Crippen LogP contribution in [-0.4, -0.2) is 27.1 Å². The molecular formula is C12H21N3OS. The van der Waals surface area contributed by atoms with Crippen molar-refractivity contribution in [3.8, 4) is 0 Å². The number of hydrogen-bond acceptors (Lipinski definition) is 4. The lowest BCUT2D eigenvalue weighted by atomic mass is 10.3. The van der Waals surface area contributed by atoms with Gasteiger partial charge < -0.3 is 9.88 Å². The highest BCUT2D eigenvalue weighted by Gasteiger charge is 2.09. The molecule has 0 aliphatic rings. The smallest absolute Gasteiger partial charge is 0.293 e. The topological polar surface area (TPSA) is 46.9 Å². The van der Waals surface area contributed by atoms with Crippen LogP contribution in [0.25, 0.3) is 0 Å². The minimum Gasteiger partial charge on any atom is -0.362 e. The fraction of sp³-hybridized carbons (Fsp3) is 0.667. The Bertz CT molecular complexity index is 403. The molecule has 0 saturated heterocycles. The van der Waals surface area contributed by atoms with Crippen molar-refractivity contribution in [2.45, 2.75) is 39.8 Å². The highest BCUT2D eigenvalue weighted by Crippen LogP contribution is 2.06. The Kier molecular flexibility index (Phi) is 5.55. The molecule has 4 nitrogen and oxygen atoms in total. The van der Waals surface area contributed by atoms with Crippen molar-refractivity contribution >= 4 is 17.6 Å². The first-order valence-corrected chi connectivity index (χ1v) is 7.13. The second-order valence-corrected chi connectivity index (χ2v) is 5.61. The average Bonchev–Trinajstić information content (AvgIpc) is 2.28. The van der Waals surface area contributed by atoms with Crippen LogP contribution in [0.3, 0.4) is 0 Å². The third kappa shape index (κ3) is 4.07. The molecular weight excluding hydrogens is 234 g/mol. The molecule has 0 radical (unpaired) electrons. The summed E-state index contributed by atoms with van der Waals surface area (Å²) in [5, 5.41) is 3.17. The van der Waals surface area contributed by atoms with Crippen molar-refractivity contribution in [2.75, 3.05) is 16.8 Å². The predicted molar refractivity (Wildman–Crippen MR) is 75.0 cm³/mol. The Balaban J connectivity index is 2.78. The maximum atomic E-state index is 12.1. The van der Waals surface area contributed by atoms with E-state index in [0.717, 1.165) is 11.5 Å². The first-order chi connectivity index (χ1) is 8.06. The molecule has 1 aromatic heterocycles. The van der Waals surface area contributed by atoms with Gasteiger partial charge in [0.05, 0.1) is 0 Å². The van der Waals surface area contributed by atoms with E-state index in [1.807, 2.05) is 25.6 Å². The molecule has 1 rings (SSSR count). The summed E-state index contributed by atoms with van der Waals surface area (Å²) in [6.45, 7) is 8.17. The lowest BCUT2D eigenvalue weighted by molar-refractivity contribution is 0.574. The van der Waals surface area contributed by atoms with Crippen LogP contribution in [0, 0.1) is 0 Å². The van der Waals surface area contributed by atoms with E-state index in [1.165, 1.54) is 0 Å². The van der Waals surface area contributed by atoms with Crippen LogP contribution in [0.5, 0.6) is 0 Å². The molecule has 0 saturated carbocycles. The summed E-state index contributed by atoms with van der Waals surface area (Å²) in [6.07, 6.45) is 3.40. The molecule has 1 N–H and O–H groups in total. The maximum Gasteiger partial charge on any atom is 0.293 e. The van der Waals surface area contributed by atoms with E-state index in [4.69, 9.17) is 0 Å². The van der Waals surface area contributed by atoms with Crippen molar-refractivity contribution in [1.29, 1.82) is 0 Å². The van der Waals surface area contributed by atoms with E-state index in [1.54, 1.807) is 17.0 Å². The molecule has 0 aliphatic carbocycles. The Labute approximate surface area is 107 Å². The second-order valence-electron chi connectivity index (χ2n) is 4.29. The number of nitrogens with one attached hydrogen (secondary N) is 1. The van der Waals surface area contributed by atoms with E-state index in [2.05, 4.69) is 24.1 Å². The maximum absolute atomic E-state index is 12.1. The van der Waals surface area contributed by atoms with E-state index in [-0.39, 0.29) is 17.6 Å². The summed E-state index contributed by atoms with van der Waals surface area (Å²) in [5.74, 6) is 2.52. The molecule has 0 spiro atoms. The summed E-state index contributed by atoms with van der Waals surface area (Å²) >= 11 is 1.85. The zero-order valence-electron chi connectivity index (χ0n) is 10.9. The third-order valence-corrected chi connectivity index (χ3v) is 3.52. The minimum atomic E-state index is -0.0455. The quantitative estimate of drug-likeness (QED) is 0.848. The van der Waals surface area contributed by atoms with Crippen LogP contribution in [0.2, 0.25) is 0 Å². The summed E-state index contributed by atoms with van der Waals surface area (Å²) < 4.78 is 1.69. The van der Waals surface area contributed by atoms with E-state index >= 15 is 0 Å². The highest BCUT2D eigenvalue weighted by atomic mass is 32.2. The fourth-order valence-electron chi connectivity index (χ4n) is 1.50. The molecule has 0 bridgehead atoms. The van der Waals surface area contributed by atoms with E-state index < -0.39 is 0 Å². The largest absolute Gasteiger partial charge is 0.362 e. The molecule has 1 unspecified atom stereocenters. The summed E-state index contributed by atoms with van der Waals surface area (Å²) in [5.41, 5.74) is -0.0455. The van der Waals surface area contributed by atoms with Crippen molar-refractivity contribution in [3.05, 3.63) is 22.7 Å². The Hall–Kier alpha value is -0.970. The van der Waals surface area contributed by atoms with Crippen LogP contribution < -0.4 is 10.9 Å². The number of thioether (sulfide) groups is 1. The third-order valence-electron chi connectivity index (χ3n) is 2.38. The number of nitrogens with zero attached hydrogens (tertiary/aromatic N) is 2. The highest BCUT2D eigenvalue weighted by molar-refractivity contribution is 7.99. The standard InChI is InChI=1S/C12H21N3OS/c1-5-17-8-10(4)14-11-12(16)15(9(2)3)7-6-13-11/h6-7,9-10H,5,8H2,1-4H3,(H,13,14). The van der Waals surface area contributed by atoms with E-state index in [9.17, 15) is 4.79 Å². The molecule has 96 valence electrons. The molecule has 1 aromatic rings. The van der Waals surface area contributed by atoms with Gasteiger partial charge in [0.15, 0.2) is 5.82 Å². The van der Waals surface area contributed by atoms with E-state index in [0.29, 0.717) is 5.82 Å². The molecule has 0 aromatic carbocycles. The van der Waals surface area contributed by atoms with Gasteiger partial charge in [-0.3, -0.25) is 4.79 Å². The summed E-state index contributed by atoms with van der Waals surface area (Å²) in [7, 11) is 0. The molecule has 17 heavy (non-hydrogen) atoms. The normalized spacial score (nSPS) is 12.8. The Morgan fingerprint density at radius 1 is 1.47 bits per heavy atom. The monoisotopic (exact) mass is 255 g/mol. The number of rotatable bonds is 6. The fourth-order valence-corrected chi connectivity index (χ4v) is 2.17. The molecule has 0 aliphatic heterocycles. The zero-order valence-corrected chi connectivity index (χ0v) is 11.8. The van der Waals surface area contributed by atoms with Gasteiger partial charge in [0, 0.05) is 30.2 Å². The van der Waals surface area contributed by atoms with Crippen LogP contribution in [-0.2, 0) is 0 Å². The van der Waals surface area contributed by atoms with Gasteiger partial charge >= 0.3 is 0 Å². The van der Waals surface area contributed by atoms with Crippen molar-refractivity contribution in [1.82, 2.24) is 9.55 Å².